The predicted molar refractivity (Wildman–Crippen MR) is 128 cm³/mol. The zero-order chi connectivity index (χ0) is 22.2. The van der Waals surface area contributed by atoms with Crippen LogP contribution in [0.5, 0.6) is 0 Å². The molecular weight excluding hydrogens is 467 g/mol. The molecule has 0 saturated heterocycles. The van der Waals surface area contributed by atoms with Gasteiger partial charge in [0.2, 0.25) is 5.78 Å². The zero-order valence-corrected chi connectivity index (χ0v) is 19.4. The molecule has 32 heavy (non-hydrogen) atoms. The molecule has 5 nitrogen and oxygen atoms in total. The highest BCUT2D eigenvalue weighted by Gasteiger charge is 2.20. The summed E-state index contributed by atoms with van der Waals surface area (Å²) in [5.41, 5.74) is 2.69. The van der Waals surface area contributed by atoms with Gasteiger partial charge in [0.25, 0.3) is 5.56 Å². The highest BCUT2D eigenvalue weighted by molar-refractivity contribution is 7.98. The zero-order valence-electron chi connectivity index (χ0n) is 17.0. The third kappa shape index (κ3) is 3.83. The first-order chi connectivity index (χ1) is 15.5. The summed E-state index contributed by atoms with van der Waals surface area (Å²) < 4.78 is 17.7. The van der Waals surface area contributed by atoms with Crippen LogP contribution in [0.3, 0.4) is 0 Å². The minimum atomic E-state index is -0.367. The van der Waals surface area contributed by atoms with Crippen LogP contribution in [0.15, 0.2) is 69.9 Å². The van der Waals surface area contributed by atoms with E-state index in [0.29, 0.717) is 33.0 Å². The Morgan fingerprint density at radius 3 is 2.75 bits per heavy atom. The largest absolute Gasteiger partial charge is 0.275 e. The standard InChI is InChI=1S/C23H18ClFN4OS2/c1-14(15-5-3-2-4-6-15)12-28-21(30)20-19(9-10-31-20)29-22(28)26-27-23(29)32-13-16-7-8-17(25)11-18(16)24/h2-11,14H,12-13H2,1H3. The molecule has 162 valence electrons. The summed E-state index contributed by atoms with van der Waals surface area (Å²) in [4.78, 5) is 13.3. The van der Waals surface area contributed by atoms with E-state index in [0.717, 1.165) is 16.6 Å². The lowest BCUT2D eigenvalue weighted by molar-refractivity contribution is 0.588. The van der Waals surface area contributed by atoms with E-state index in [1.165, 1.54) is 35.2 Å². The number of thioether (sulfide) groups is 1. The number of rotatable bonds is 6. The molecule has 3 heterocycles. The molecular formula is C23H18ClFN4OS2. The van der Waals surface area contributed by atoms with Gasteiger partial charge in [-0.2, -0.15) is 0 Å². The third-order valence-corrected chi connectivity index (χ3v) is 7.60. The van der Waals surface area contributed by atoms with Gasteiger partial charge in [0.15, 0.2) is 5.16 Å². The molecule has 0 spiro atoms. The fraction of sp³-hybridized carbons (Fsp3) is 0.174. The summed E-state index contributed by atoms with van der Waals surface area (Å²) in [5.74, 6) is 0.774. The van der Waals surface area contributed by atoms with E-state index in [-0.39, 0.29) is 17.3 Å². The van der Waals surface area contributed by atoms with E-state index in [1.807, 2.05) is 34.0 Å². The first-order valence-electron chi connectivity index (χ1n) is 9.99. The fourth-order valence-corrected chi connectivity index (χ4v) is 5.78. The van der Waals surface area contributed by atoms with Crippen molar-refractivity contribution in [2.45, 2.75) is 30.3 Å². The summed E-state index contributed by atoms with van der Waals surface area (Å²) in [6.45, 7) is 2.59. The van der Waals surface area contributed by atoms with Crippen molar-refractivity contribution in [3.63, 3.8) is 0 Å². The van der Waals surface area contributed by atoms with Crippen molar-refractivity contribution in [3.8, 4) is 0 Å². The van der Waals surface area contributed by atoms with Crippen LogP contribution in [-0.4, -0.2) is 19.2 Å². The average Bonchev–Trinajstić information content (AvgIpc) is 3.44. The Morgan fingerprint density at radius 2 is 1.97 bits per heavy atom. The average molecular weight is 485 g/mol. The lowest BCUT2D eigenvalue weighted by Crippen LogP contribution is -2.24. The second-order valence-corrected chi connectivity index (χ2v) is 9.77. The van der Waals surface area contributed by atoms with Crippen LogP contribution in [-0.2, 0) is 12.3 Å². The molecule has 1 atom stereocenters. The highest BCUT2D eigenvalue weighted by atomic mass is 35.5. The van der Waals surface area contributed by atoms with Gasteiger partial charge in [-0.25, -0.2) is 4.39 Å². The van der Waals surface area contributed by atoms with Gasteiger partial charge in [-0.1, -0.05) is 66.7 Å². The van der Waals surface area contributed by atoms with E-state index in [4.69, 9.17) is 11.6 Å². The van der Waals surface area contributed by atoms with Gasteiger partial charge in [0.05, 0.1) is 5.52 Å². The lowest BCUT2D eigenvalue weighted by Gasteiger charge is -2.15. The van der Waals surface area contributed by atoms with Gasteiger partial charge in [0, 0.05) is 17.3 Å². The Hall–Kier alpha value is -2.68. The quantitative estimate of drug-likeness (QED) is 0.277. The Labute approximate surface area is 196 Å². The first kappa shape index (κ1) is 21.2. The summed E-state index contributed by atoms with van der Waals surface area (Å²) in [6.07, 6.45) is 0. The van der Waals surface area contributed by atoms with Crippen molar-refractivity contribution in [1.82, 2.24) is 19.2 Å². The molecule has 0 radical (unpaired) electrons. The van der Waals surface area contributed by atoms with Crippen molar-refractivity contribution in [3.05, 3.63) is 92.3 Å². The van der Waals surface area contributed by atoms with Crippen LogP contribution in [0.1, 0.15) is 24.0 Å². The van der Waals surface area contributed by atoms with Gasteiger partial charge < -0.3 is 0 Å². The topological polar surface area (TPSA) is 52.2 Å². The molecule has 0 amide bonds. The van der Waals surface area contributed by atoms with Crippen LogP contribution in [0.4, 0.5) is 4.39 Å². The minimum absolute atomic E-state index is 0.0594. The second kappa shape index (κ2) is 8.69. The summed E-state index contributed by atoms with van der Waals surface area (Å²) in [7, 11) is 0. The number of halogens is 2. The molecule has 9 heteroatoms. The maximum absolute atomic E-state index is 13.4. The molecule has 0 fully saturated rings. The molecule has 5 aromatic rings. The van der Waals surface area contributed by atoms with E-state index in [1.54, 1.807) is 10.6 Å². The Kier molecular flexibility index (Phi) is 5.75. The molecule has 2 aromatic carbocycles. The Balaban J connectivity index is 1.56. The van der Waals surface area contributed by atoms with Crippen LogP contribution in [0, 0.1) is 5.82 Å². The number of benzene rings is 2. The molecule has 3 aromatic heterocycles. The first-order valence-corrected chi connectivity index (χ1v) is 12.2. The van der Waals surface area contributed by atoms with Crippen LogP contribution >= 0.6 is 34.7 Å². The summed E-state index contributed by atoms with van der Waals surface area (Å²) >= 11 is 9.05. The van der Waals surface area contributed by atoms with Crippen molar-refractivity contribution in [2.75, 3.05) is 0 Å². The molecule has 1 unspecified atom stereocenters. The van der Waals surface area contributed by atoms with Crippen molar-refractivity contribution >= 4 is 50.7 Å². The maximum atomic E-state index is 13.4. The Morgan fingerprint density at radius 1 is 1.16 bits per heavy atom. The number of aromatic nitrogens is 4. The SMILES string of the molecule is CC(Cn1c(=O)c2sccc2n2c(SCc3ccc(F)cc3Cl)nnc12)c1ccccc1. The number of nitrogens with zero attached hydrogens (tertiary/aromatic N) is 4. The van der Waals surface area contributed by atoms with Gasteiger partial charge in [-0.15, -0.1) is 21.5 Å². The number of fused-ring (bicyclic) bond motifs is 3. The van der Waals surface area contributed by atoms with E-state index >= 15 is 0 Å². The van der Waals surface area contributed by atoms with Gasteiger partial charge in [-0.05, 0) is 40.6 Å². The van der Waals surface area contributed by atoms with Crippen molar-refractivity contribution < 1.29 is 4.39 Å². The molecule has 0 bridgehead atoms. The molecule has 0 N–H and O–H groups in total. The van der Waals surface area contributed by atoms with E-state index < -0.39 is 0 Å². The number of hydrogen-bond acceptors (Lipinski definition) is 5. The van der Waals surface area contributed by atoms with Gasteiger partial charge >= 0.3 is 0 Å². The molecule has 0 aliphatic rings. The Bertz CT molecular complexity index is 1480. The van der Waals surface area contributed by atoms with Crippen LogP contribution in [0.2, 0.25) is 5.02 Å². The van der Waals surface area contributed by atoms with Gasteiger partial charge in [0.1, 0.15) is 10.5 Å². The molecule has 0 aliphatic heterocycles. The van der Waals surface area contributed by atoms with E-state index in [9.17, 15) is 9.18 Å². The van der Waals surface area contributed by atoms with E-state index in [2.05, 4.69) is 29.3 Å². The molecule has 0 aliphatic carbocycles. The van der Waals surface area contributed by atoms with Crippen molar-refractivity contribution in [2.24, 2.45) is 0 Å². The highest BCUT2D eigenvalue weighted by Crippen LogP contribution is 2.29. The number of hydrogen-bond donors (Lipinski definition) is 0. The van der Waals surface area contributed by atoms with Gasteiger partial charge in [-0.3, -0.25) is 13.8 Å². The fourth-order valence-electron chi connectivity index (χ4n) is 3.70. The molecule has 5 rings (SSSR count). The minimum Gasteiger partial charge on any atom is -0.275 e. The maximum Gasteiger partial charge on any atom is 0.272 e. The number of thiophene rings is 1. The van der Waals surface area contributed by atoms with Crippen molar-refractivity contribution in [1.29, 1.82) is 0 Å². The normalized spacial score (nSPS) is 12.6. The predicted octanol–water partition coefficient (Wildman–Crippen LogP) is 5.99. The van der Waals surface area contributed by atoms with Crippen LogP contribution in [0.25, 0.3) is 16.0 Å². The second-order valence-electron chi connectivity index (χ2n) is 7.50. The summed E-state index contributed by atoms with van der Waals surface area (Å²) in [5, 5.41) is 11.7. The monoisotopic (exact) mass is 484 g/mol. The third-order valence-electron chi connectivity index (χ3n) is 5.38. The summed E-state index contributed by atoms with van der Waals surface area (Å²) in [6, 6.07) is 16.4. The smallest absolute Gasteiger partial charge is 0.272 e. The van der Waals surface area contributed by atoms with Crippen LogP contribution < -0.4 is 5.56 Å². The lowest BCUT2D eigenvalue weighted by atomic mass is 10.0. The molecule has 0 saturated carbocycles.